The third-order valence-electron chi connectivity index (χ3n) is 2.76. The molecule has 0 aliphatic heterocycles. The Morgan fingerprint density at radius 3 is 2.74 bits per heavy atom. The molecule has 2 heterocycles. The van der Waals surface area contributed by atoms with E-state index in [1.165, 1.54) is 0 Å². The molecule has 5 heteroatoms. The molecular weight excluding hydrogens is 262 g/mol. The van der Waals surface area contributed by atoms with Crippen molar-refractivity contribution in [2.24, 2.45) is 0 Å². The number of hydrogen-bond acceptors (Lipinski definition) is 2. The minimum Gasteiger partial charge on any atom is -0.322 e. The van der Waals surface area contributed by atoms with E-state index >= 15 is 0 Å². The maximum Gasteiger partial charge on any atom is 0.255 e. The van der Waals surface area contributed by atoms with Crippen LogP contribution in [0.3, 0.4) is 0 Å². The van der Waals surface area contributed by atoms with Crippen LogP contribution in [0.2, 0.25) is 5.02 Å². The van der Waals surface area contributed by atoms with Crippen molar-refractivity contribution in [2.75, 3.05) is 5.32 Å². The summed E-state index contributed by atoms with van der Waals surface area (Å²) in [5, 5.41) is 7.54. The zero-order valence-electron chi connectivity index (χ0n) is 9.88. The molecule has 0 bridgehead atoms. The molecule has 2 aromatic heterocycles. The van der Waals surface area contributed by atoms with Gasteiger partial charge in [-0.15, -0.1) is 0 Å². The summed E-state index contributed by atoms with van der Waals surface area (Å²) in [7, 11) is 0. The number of nitrogens with zero attached hydrogens (tertiary/aromatic N) is 2. The average Bonchev–Trinajstić information content (AvgIpc) is 2.87. The first-order chi connectivity index (χ1) is 9.22. The Kier molecular flexibility index (Phi) is 2.93. The summed E-state index contributed by atoms with van der Waals surface area (Å²) in [6.45, 7) is 0. The summed E-state index contributed by atoms with van der Waals surface area (Å²) in [6.07, 6.45) is 3.51. The van der Waals surface area contributed by atoms with Crippen LogP contribution < -0.4 is 5.32 Å². The van der Waals surface area contributed by atoms with E-state index in [-0.39, 0.29) is 5.91 Å². The van der Waals surface area contributed by atoms with Gasteiger partial charge >= 0.3 is 0 Å². The Labute approximate surface area is 114 Å². The Morgan fingerprint density at radius 2 is 1.95 bits per heavy atom. The molecule has 1 N–H and O–H groups in total. The van der Waals surface area contributed by atoms with Crippen LogP contribution in [-0.4, -0.2) is 15.5 Å². The quantitative estimate of drug-likeness (QED) is 0.778. The first kappa shape index (κ1) is 11.7. The SMILES string of the molecule is O=C(Nc1ccn2nccc2c1)c1ccc(Cl)cc1. The van der Waals surface area contributed by atoms with E-state index in [9.17, 15) is 4.79 Å². The molecule has 0 unspecified atom stereocenters. The number of fused-ring (bicyclic) bond motifs is 1. The molecule has 0 radical (unpaired) electrons. The second-order valence-electron chi connectivity index (χ2n) is 4.08. The fourth-order valence-corrected chi connectivity index (χ4v) is 1.93. The number of benzene rings is 1. The number of amides is 1. The molecule has 1 aromatic carbocycles. The number of hydrogen-bond donors (Lipinski definition) is 1. The predicted octanol–water partition coefficient (Wildman–Crippen LogP) is 3.24. The minimum absolute atomic E-state index is 0.166. The monoisotopic (exact) mass is 271 g/mol. The molecule has 19 heavy (non-hydrogen) atoms. The topological polar surface area (TPSA) is 46.4 Å². The molecule has 3 aromatic rings. The zero-order chi connectivity index (χ0) is 13.2. The molecule has 0 atom stereocenters. The van der Waals surface area contributed by atoms with Crippen LogP contribution in [0.1, 0.15) is 10.4 Å². The van der Waals surface area contributed by atoms with Crippen molar-refractivity contribution in [1.29, 1.82) is 0 Å². The minimum atomic E-state index is -0.166. The lowest BCUT2D eigenvalue weighted by molar-refractivity contribution is 0.102. The standard InChI is InChI=1S/C14H10ClN3O/c15-11-3-1-10(2-4-11)14(19)17-12-6-8-18-13(9-12)5-7-16-18/h1-9H,(H,17,19). The van der Waals surface area contributed by atoms with Gasteiger partial charge in [-0.05, 0) is 42.5 Å². The Bertz CT molecular complexity index is 734. The van der Waals surface area contributed by atoms with Gasteiger partial charge in [-0.2, -0.15) is 5.10 Å². The van der Waals surface area contributed by atoms with Gasteiger partial charge in [0, 0.05) is 28.7 Å². The first-order valence-electron chi connectivity index (χ1n) is 5.73. The molecule has 1 amide bonds. The Morgan fingerprint density at radius 1 is 1.16 bits per heavy atom. The van der Waals surface area contributed by atoms with Crippen molar-refractivity contribution in [3.8, 4) is 0 Å². The smallest absolute Gasteiger partial charge is 0.255 e. The predicted molar refractivity (Wildman–Crippen MR) is 74.6 cm³/mol. The maximum absolute atomic E-state index is 12.0. The summed E-state index contributed by atoms with van der Waals surface area (Å²) in [4.78, 5) is 12.0. The number of halogens is 1. The lowest BCUT2D eigenvalue weighted by Gasteiger charge is -2.05. The van der Waals surface area contributed by atoms with E-state index < -0.39 is 0 Å². The van der Waals surface area contributed by atoms with Crippen LogP contribution >= 0.6 is 11.6 Å². The zero-order valence-corrected chi connectivity index (χ0v) is 10.6. The largest absolute Gasteiger partial charge is 0.322 e. The highest BCUT2D eigenvalue weighted by Crippen LogP contribution is 2.14. The van der Waals surface area contributed by atoms with Crippen LogP contribution in [0.25, 0.3) is 5.52 Å². The van der Waals surface area contributed by atoms with E-state index in [1.54, 1.807) is 47.2 Å². The van der Waals surface area contributed by atoms with Gasteiger partial charge in [0.2, 0.25) is 0 Å². The summed E-state index contributed by atoms with van der Waals surface area (Å²) >= 11 is 5.79. The van der Waals surface area contributed by atoms with Crippen LogP contribution in [0, 0.1) is 0 Å². The van der Waals surface area contributed by atoms with E-state index in [2.05, 4.69) is 10.4 Å². The second-order valence-corrected chi connectivity index (χ2v) is 4.51. The normalized spacial score (nSPS) is 10.6. The number of aromatic nitrogens is 2. The summed E-state index contributed by atoms with van der Waals surface area (Å²) in [6, 6.07) is 12.3. The fraction of sp³-hybridized carbons (Fsp3) is 0. The summed E-state index contributed by atoms with van der Waals surface area (Å²) in [5.74, 6) is -0.166. The van der Waals surface area contributed by atoms with Crippen LogP contribution in [0.15, 0.2) is 54.9 Å². The molecule has 0 aliphatic rings. The van der Waals surface area contributed by atoms with Crippen molar-refractivity contribution in [3.05, 3.63) is 65.4 Å². The summed E-state index contributed by atoms with van der Waals surface area (Å²) < 4.78 is 1.73. The number of rotatable bonds is 2. The molecule has 0 aliphatic carbocycles. The van der Waals surface area contributed by atoms with Crippen LogP contribution in [0.5, 0.6) is 0 Å². The third kappa shape index (κ3) is 2.44. The molecule has 0 saturated carbocycles. The highest BCUT2D eigenvalue weighted by atomic mass is 35.5. The van der Waals surface area contributed by atoms with Gasteiger partial charge in [0.15, 0.2) is 0 Å². The van der Waals surface area contributed by atoms with Crippen molar-refractivity contribution in [2.45, 2.75) is 0 Å². The van der Waals surface area contributed by atoms with E-state index in [0.29, 0.717) is 10.6 Å². The number of carbonyl (C=O) groups excluding carboxylic acids is 1. The van der Waals surface area contributed by atoms with E-state index in [4.69, 9.17) is 11.6 Å². The Hall–Kier alpha value is -2.33. The van der Waals surface area contributed by atoms with Gasteiger partial charge in [-0.3, -0.25) is 4.79 Å². The maximum atomic E-state index is 12.0. The van der Waals surface area contributed by atoms with E-state index in [1.807, 2.05) is 12.1 Å². The number of nitrogens with one attached hydrogen (secondary N) is 1. The summed E-state index contributed by atoms with van der Waals surface area (Å²) in [5.41, 5.74) is 2.22. The number of anilines is 1. The second kappa shape index (κ2) is 4.74. The highest BCUT2D eigenvalue weighted by Gasteiger charge is 2.06. The van der Waals surface area contributed by atoms with Crippen LogP contribution in [0.4, 0.5) is 5.69 Å². The van der Waals surface area contributed by atoms with Gasteiger partial charge in [-0.1, -0.05) is 11.6 Å². The van der Waals surface area contributed by atoms with Gasteiger partial charge in [0.25, 0.3) is 5.91 Å². The molecule has 0 saturated heterocycles. The van der Waals surface area contributed by atoms with Crippen molar-refractivity contribution >= 4 is 28.7 Å². The van der Waals surface area contributed by atoms with Gasteiger partial charge < -0.3 is 5.32 Å². The Balaban J connectivity index is 1.83. The molecule has 4 nitrogen and oxygen atoms in total. The fourth-order valence-electron chi connectivity index (χ4n) is 1.80. The van der Waals surface area contributed by atoms with Gasteiger partial charge in [-0.25, -0.2) is 4.52 Å². The van der Waals surface area contributed by atoms with Gasteiger partial charge in [0.05, 0.1) is 5.52 Å². The average molecular weight is 272 g/mol. The first-order valence-corrected chi connectivity index (χ1v) is 6.10. The highest BCUT2D eigenvalue weighted by molar-refractivity contribution is 6.30. The van der Waals surface area contributed by atoms with Crippen molar-refractivity contribution in [1.82, 2.24) is 9.61 Å². The lowest BCUT2D eigenvalue weighted by atomic mass is 10.2. The van der Waals surface area contributed by atoms with Crippen molar-refractivity contribution < 1.29 is 4.79 Å². The molecular formula is C14H10ClN3O. The van der Waals surface area contributed by atoms with Crippen LogP contribution in [-0.2, 0) is 0 Å². The number of pyridine rings is 1. The van der Waals surface area contributed by atoms with Gasteiger partial charge in [0.1, 0.15) is 0 Å². The van der Waals surface area contributed by atoms with E-state index in [0.717, 1.165) is 11.2 Å². The molecule has 0 fully saturated rings. The number of carbonyl (C=O) groups is 1. The molecule has 3 rings (SSSR count). The molecule has 94 valence electrons. The van der Waals surface area contributed by atoms with Crippen molar-refractivity contribution in [3.63, 3.8) is 0 Å². The lowest BCUT2D eigenvalue weighted by Crippen LogP contribution is -2.11. The third-order valence-corrected chi connectivity index (χ3v) is 3.02. The molecule has 0 spiro atoms.